The summed E-state index contributed by atoms with van der Waals surface area (Å²) in [5.74, 6) is -0.777. The predicted molar refractivity (Wildman–Crippen MR) is 68.7 cm³/mol. The third-order valence-electron chi connectivity index (χ3n) is 4.04. The van der Waals surface area contributed by atoms with E-state index in [0.29, 0.717) is 17.2 Å². The minimum atomic E-state index is -4.57. The van der Waals surface area contributed by atoms with Crippen molar-refractivity contribution in [3.8, 4) is 0 Å². The van der Waals surface area contributed by atoms with Crippen molar-refractivity contribution in [2.45, 2.75) is 25.1 Å². The summed E-state index contributed by atoms with van der Waals surface area (Å²) in [5, 5.41) is 3.73. The van der Waals surface area contributed by atoms with Gasteiger partial charge in [-0.15, -0.1) is 0 Å². The summed E-state index contributed by atoms with van der Waals surface area (Å²) in [7, 11) is 0. The molecule has 118 valence electrons. The van der Waals surface area contributed by atoms with Crippen LogP contribution in [0.15, 0.2) is 12.1 Å². The van der Waals surface area contributed by atoms with E-state index in [1.54, 1.807) is 0 Å². The van der Waals surface area contributed by atoms with Gasteiger partial charge in [0.15, 0.2) is 0 Å². The highest BCUT2D eigenvalue weighted by Gasteiger charge is 2.41. The summed E-state index contributed by atoms with van der Waals surface area (Å²) in [6.45, 7) is 0.958. The number of carbonyl (C=O) groups is 2. The van der Waals surface area contributed by atoms with Gasteiger partial charge in [0.2, 0.25) is 0 Å². The molecule has 1 aromatic carbocycles. The van der Waals surface area contributed by atoms with Gasteiger partial charge in [-0.3, -0.25) is 9.59 Å². The average Bonchev–Trinajstić information content (AvgIpc) is 3.07. The van der Waals surface area contributed by atoms with Crippen LogP contribution in [0, 0.1) is 0 Å². The van der Waals surface area contributed by atoms with E-state index in [0.717, 1.165) is 19.0 Å². The third kappa shape index (κ3) is 2.43. The fourth-order valence-corrected chi connectivity index (χ4v) is 2.97. The van der Waals surface area contributed by atoms with Gasteiger partial charge in [0, 0.05) is 17.7 Å². The van der Waals surface area contributed by atoms with Crippen molar-refractivity contribution in [3.63, 3.8) is 0 Å². The van der Waals surface area contributed by atoms with Crippen LogP contribution < -0.4 is 5.32 Å². The highest BCUT2D eigenvalue weighted by atomic mass is 19.4. The molecule has 1 saturated heterocycles. The normalized spacial score (nSPS) is 21.1. The molecule has 5 nitrogen and oxygen atoms in total. The fourth-order valence-electron chi connectivity index (χ4n) is 2.97. The lowest BCUT2D eigenvalue weighted by molar-refractivity contribution is -0.162. The van der Waals surface area contributed by atoms with E-state index in [2.05, 4.69) is 10.2 Å². The molecular weight excluding hydrogens is 301 g/mol. The molecule has 2 aliphatic heterocycles. The Bertz CT molecular complexity index is 624. The maximum absolute atomic E-state index is 13.3. The number of hydrogen-bond donors (Lipinski definition) is 1. The predicted octanol–water partition coefficient (Wildman–Crippen LogP) is 1.83. The molecule has 1 unspecified atom stereocenters. The van der Waals surface area contributed by atoms with Gasteiger partial charge < -0.3 is 10.2 Å². The molecular formula is C14H13F3N2O3. The van der Waals surface area contributed by atoms with E-state index in [-0.39, 0.29) is 30.1 Å². The van der Waals surface area contributed by atoms with E-state index >= 15 is 0 Å². The Morgan fingerprint density at radius 2 is 2.14 bits per heavy atom. The van der Waals surface area contributed by atoms with Crippen LogP contribution in [-0.4, -0.2) is 30.5 Å². The standard InChI is InChI=1S/C14H13F3N2O3/c15-14(16,17)12-4-9(8-1-2-18-5-8)3-10-11(12)6-19(13(10)21)22-7-20/h3-4,7-8,18H,1-2,5-6H2. The molecule has 2 aliphatic rings. The molecule has 0 aromatic heterocycles. The van der Waals surface area contributed by atoms with Crippen molar-refractivity contribution in [2.75, 3.05) is 13.1 Å². The number of nitrogens with zero attached hydrogens (tertiary/aromatic N) is 1. The van der Waals surface area contributed by atoms with Crippen LogP contribution in [0.4, 0.5) is 13.2 Å². The lowest BCUT2D eigenvalue weighted by Gasteiger charge is -2.16. The summed E-state index contributed by atoms with van der Waals surface area (Å²) >= 11 is 0. The van der Waals surface area contributed by atoms with Gasteiger partial charge in [-0.05, 0) is 36.6 Å². The van der Waals surface area contributed by atoms with Crippen LogP contribution in [0.1, 0.15) is 39.4 Å². The second kappa shape index (κ2) is 5.28. The molecule has 0 radical (unpaired) electrons. The number of hydrogen-bond acceptors (Lipinski definition) is 4. The Morgan fingerprint density at radius 3 is 2.73 bits per heavy atom. The molecule has 0 aliphatic carbocycles. The van der Waals surface area contributed by atoms with Crippen molar-refractivity contribution in [1.29, 1.82) is 0 Å². The molecule has 8 heteroatoms. The molecule has 1 amide bonds. The quantitative estimate of drug-likeness (QED) is 0.865. The van der Waals surface area contributed by atoms with E-state index < -0.39 is 17.6 Å². The number of fused-ring (bicyclic) bond motifs is 1. The van der Waals surface area contributed by atoms with Crippen LogP contribution in [0.25, 0.3) is 0 Å². The van der Waals surface area contributed by atoms with Crippen molar-refractivity contribution in [3.05, 3.63) is 34.4 Å². The van der Waals surface area contributed by atoms with Gasteiger partial charge in [0.25, 0.3) is 5.91 Å². The second-order valence-corrected chi connectivity index (χ2v) is 5.33. The monoisotopic (exact) mass is 314 g/mol. The SMILES string of the molecule is O=CON1Cc2c(cc(C3CCNC3)cc2C(F)(F)F)C1=O. The number of nitrogens with one attached hydrogen (secondary N) is 1. The Kier molecular flexibility index (Phi) is 3.56. The molecule has 1 aromatic rings. The first-order valence-electron chi connectivity index (χ1n) is 6.79. The lowest BCUT2D eigenvalue weighted by Crippen LogP contribution is -2.23. The number of carbonyl (C=O) groups excluding carboxylic acids is 2. The lowest BCUT2D eigenvalue weighted by atomic mass is 9.91. The average molecular weight is 314 g/mol. The van der Waals surface area contributed by atoms with Gasteiger partial charge in [-0.2, -0.15) is 18.2 Å². The number of rotatable bonds is 3. The zero-order valence-corrected chi connectivity index (χ0v) is 11.4. The maximum atomic E-state index is 13.3. The Labute approximate surface area is 124 Å². The minimum absolute atomic E-state index is 0.0266. The van der Waals surface area contributed by atoms with E-state index in [4.69, 9.17) is 0 Å². The van der Waals surface area contributed by atoms with Crippen molar-refractivity contribution >= 4 is 12.4 Å². The van der Waals surface area contributed by atoms with Crippen molar-refractivity contribution < 1.29 is 27.6 Å². The van der Waals surface area contributed by atoms with Gasteiger partial charge in [-0.1, -0.05) is 0 Å². The molecule has 1 fully saturated rings. The second-order valence-electron chi connectivity index (χ2n) is 5.33. The van der Waals surface area contributed by atoms with Crippen molar-refractivity contribution in [1.82, 2.24) is 10.4 Å². The van der Waals surface area contributed by atoms with Crippen LogP contribution in [0.5, 0.6) is 0 Å². The van der Waals surface area contributed by atoms with Crippen molar-refractivity contribution in [2.24, 2.45) is 0 Å². The third-order valence-corrected chi connectivity index (χ3v) is 4.04. The van der Waals surface area contributed by atoms with E-state index in [1.807, 2.05) is 0 Å². The van der Waals surface area contributed by atoms with Crippen LogP contribution in [0.2, 0.25) is 0 Å². The largest absolute Gasteiger partial charge is 0.416 e. The number of amides is 1. The Balaban J connectivity index is 2.09. The van der Waals surface area contributed by atoms with Gasteiger partial charge >= 0.3 is 12.6 Å². The van der Waals surface area contributed by atoms with Gasteiger partial charge in [0.05, 0.1) is 12.1 Å². The van der Waals surface area contributed by atoms with Gasteiger partial charge in [0.1, 0.15) is 0 Å². The number of alkyl halides is 3. The molecule has 22 heavy (non-hydrogen) atoms. The molecule has 1 N–H and O–H groups in total. The first-order valence-corrected chi connectivity index (χ1v) is 6.79. The van der Waals surface area contributed by atoms with Gasteiger partial charge in [-0.25, -0.2) is 0 Å². The molecule has 2 heterocycles. The first kappa shape index (κ1) is 14.8. The molecule has 0 saturated carbocycles. The molecule has 0 spiro atoms. The van der Waals surface area contributed by atoms with E-state index in [9.17, 15) is 22.8 Å². The Morgan fingerprint density at radius 1 is 1.36 bits per heavy atom. The van der Waals surface area contributed by atoms with E-state index in [1.165, 1.54) is 6.07 Å². The summed E-state index contributed by atoms with van der Waals surface area (Å²) in [6.07, 6.45) is -3.84. The number of hydroxylamine groups is 2. The number of halogens is 3. The highest BCUT2D eigenvalue weighted by Crippen LogP contribution is 2.40. The molecule has 0 bridgehead atoms. The summed E-state index contributed by atoms with van der Waals surface area (Å²) in [6, 6.07) is 2.59. The zero-order chi connectivity index (χ0) is 15.9. The number of benzene rings is 1. The van der Waals surface area contributed by atoms with Crippen LogP contribution >= 0.6 is 0 Å². The summed E-state index contributed by atoms with van der Waals surface area (Å²) < 4.78 is 39.9. The maximum Gasteiger partial charge on any atom is 0.416 e. The zero-order valence-electron chi connectivity index (χ0n) is 11.4. The summed E-state index contributed by atoms with van der Waals surface area (Å²) in [5.41, 5.74) is -0.540. The van der Waals surface area contributed by atoms with Crippen LogP contribution in [0.3, 0.4) is 0 Å². The van der Waals surface area contributed by atoms with Crippen LogP contribution in [-0.2, 0) is 22.4 Å². The smallest absolute Gasteiger partial charge is 0.341 e. The highest BCUT2D eigenvalue weighted by molar-refractivity contribution is 5.98. The summed E-state index contributed by atoms with van der Waals surface area (Å²) in [4.78, 5) is 26.9. The first-order chi connectivity index (χ1) is 10.4. The topological polar surface area (TPSA) is 58.6 Å². The Hall–Kier alpha value is -2.09. The molecule has 1 atom stereocenters. The minimum Gasteiger partial charge on any atom is -0.341 e. The molecule has 3 rings (SSSR count). The fraction of sp³-hybridized carbons (Fsp3) is 0.429.